The summed E-state index contributed by atoms with van der Waals surface area (Å²) in [5, 5.41) is 13.5. The van der Waals surface area contributed by atoms with Gasteiger partial charge in [0.2, 0.25) is 0 Å². The highest BCUT2D eigenvalue weighted by Gasteiger charge is 2.45. The fraction of sp³-hybridized carbons (Fsp3) is 0.167. The van der Waals surface area contributed by atoms with Crippen molar-refractivity contribution in [2.24, 2.45) is 0 Å². The van der Waals surface area contributed by atoms with Crippen molar-refractivity contribution in [2.75, 3.05) is 0 Å². The van der Waals surface area contributed by atoms with Gasteiger partial charge in [-0.15, -0.1) is 0 Å². The molecule has 0 spiro atoms. The molecule has 4 rings (SSSR count). The van der Waals surface area contributed by atoms with Crippen LogP contribution in [0.3, 0.4) is 0 Å². The van der Waals surface area contributed by atoms with Crippen molar-refractivity contribution in [3.8, 4) is 5.75 Å². The highest BCUT2D eigenvalue weighted by Crippen LogP contribution is 2.45. The summed E-state index contributed by atoms with van der Waals surface area (Å²) in [6, 6.07) is 16.9. The predicted octanol–water partition coefficient (Wildman–Crippen LogP) is 3.29. The summed E-state index contributed by atoms with van der Waals surface area (Å²) in [5.41, 5.74) is 2.28. The molecule has 4 heteroatoms. The van der Waals surface area contributed by atoms with E-state index in [4.69, 9.17) is 0 Å². The van der Waals surface area contributed by atoms with E-state index in [9.17, 15) is 9.90 Å². The monoisotopic (exact) mass is 292 g/mol. The van der Waals surface area contributed by atoms with Crippen molar-refractivity contribution in [3.05, 3.63) is 65.9 Å². The molecule has 1 saturated carbocycles. The van der Waals surface area contributed by atoms with Gasteiger partial charge in [0.15, 0.2) is 0 Å². The molecule has 22 heavy (non-hydrogen) atoms. The van der Waals surface area contributed by atoms with Crippen LogP contribution in [0.2, 0.25) is 0 Å². The lowest BCUT2D eigenvalue weighted by Gasteiger charge is -2.17. The summed E-state index contributed by atoms with van der Waals surface area (Å²) in [6.07, 6.45) is 1.92. The molecule has 0 bridgehead atoms. The van der Waals surface area contributed by atoms with Crippen molar-refractivity contribution in [1.82, 2.24) is 10.3 Å². The van der Waals surface area contributed by atoms with Crippen molar-refractivity contribution in [3.63, 3.8) is 0 Å². The van der Waals surface area contributed by atoms with Gasteiger partial charge in [0, 0.05) is 10.9 Å². The maximum atomic E-state index is 12.5. The molecule has 0 atom stereocenters. The van der Waals surface area contributed by atoms with Gasteiger partial charge in [-0.1, -0.05) is 30.3 Å². The van der Waals surface area contributed by atoms with Crippen LogP contribution in [0.5, 0.6) is 5.75 Å². The van der Waals surface area contributed by atoms with Gasteiger partial charge in [0.1, 0.15) is 11.4 Å². The third-order valence-electron chi connectivity index (χ3n) is 4.28. The van der Waals surface area contributed by atoms with Gasteiger partial charge in [-0.25, -0.2) is 0 Å². The molecule has 3 N–H and O–H groups in total. The van der Waals surface area contributed by atoms with E-state index < -0.39 is 0 Å². The summed E-state index contributed by atoms with van der Waals surface area (Å²) in [6.45, 7) is 0. The first-order chi connectivity index (χ1) is 10.7. The Morgan fingerprint density at radius 2 is 1.86 bits per heavy atom. The fourth-order valence-corrected chi connectivity index (χ4v) is 2.90. The van der Waals surface area contributed by atoms with Crippen LogP contribution in [0.1, 0.15) is 28.9 Å². The molecule has 1 aliphatic rings. The van der Waals surface area contributed by atoms with Crippen LogP contribution < -0.4 is 5.32 Å². The Morgan fingerprint density at radius 1 is 1.09 bits per heavy atom. The Kier molecular flexibility index (Phi) is 2.73. The largest absolute Gasteiger partial charge is 0.508 e. The Bertz CT molecular complexity index is 848. The third kappa shape index (κ3) is 2.13. The van der Waals surface area contributed by atoms with E-state index in [1.807, 2.05) is 18.2 Å². The van der Waals surface area contributed by atoms with E-state index in [2.05, 4.69) is 22.4 Å². The van der Waals surface area contributed by atoms with Gasteiger partial charge in [0.05, 0.1) is 5.54 Å². The molecular formula is C18H16N2O2. The molecule has 0 aliphatic heterocycles. The van der Waals surface area contributed by atoms with Crippen molar-refractivity contribution >= 4 is 16.8 Å². The van der Waals surface area contributed by atoms with E-state index in [0.29, 0.717) is 5.69 Å². The number of aromatic hydroxyl groups is 1. The number of fused-ring (bicyclic) bond motifs is 1. The molecule has 1 amide bonds. The highest BCUT2D eigenvalue weighted by atomic mass is 16.3. The number of hydrogen-bond donors (Lipinski definition) is 3. The Labute approximate surface area is 127 Å². The smallest absolute Gasteiger partial charge is 0.268 e. The molecule has 1 aliphatic carbocycles. The molecule has 1 aromatic heterocycles. The zero-order chi connectivity index (χ0) is 15.2. The number of carbonyl (C=O) groups is 1. The summed E-state index contributed by atoms with van der Waals surface area (Å²) < 4.78 is 0. The van der Waals surface area contributed by atoms with Crippen LogP contribution in [0, 0.1) is 0 Å². The average molecular weight is 292 g/mol. The molecule has 2 aromatic carbocycles. The van der Waals surface area contributed by atoms with Crippen LogP contribution in [-0.2, 0) is 5.54 Å². The second kappa shape index (κ2) is 4.63. The minimum absolute atomic E-state index is 0.114. The maximum absolute atomic E-state index is 12.5. The molecule has 3 aromatic rings. The summed E-state index contributed by atoms with van der Waals surface area (Å²) in [5.74, 6) is 0.0819. The molecule has 0 unspecified atom stereocenters. The van der Waals surface area contributed by atoms with Gasteiger partial charge in [-0.2, -0.15) is 0 Å². The molecular weight excluding hydrogens is 276 g/mol. The lowest BCUT2D eigenvalue weighted by Crippen LogP contribution is -2.34. The Balaban J connectivity index is 1.61. The summed E-state index contributed by atoms with van der Waals surface area (Å²) >= 11 is 0. The quantitative estimate of drug-likeness (QED) is 0.693. The molecule has 1 heterocycles. The average Bonchev–Trinajstić information content (AvgIpc) is 3.18. The first-order valence-corrected chi connectivity index (χ1v) is 7.36. The third-order valence-corrected chi connectivity index (χ3v) is 4.28. The van der Waals surface area contributed by atoms with Gasteiger partial charge < -0.3 is 15.4 Å². The molecule has 0 saturated heterocycles. The standard InChI is InChI=1S/C18H16N2O2/c21-14-6-7-15-12(10-14)11-16(19-15)17(22)20-18(8-9-18)13-4-2-1-3-5-13/h1-7,10-11,19,21H,8-9H2,(H,20,22). The number of amides is 1. The first kappa shape index (κ1) is 13.0. The minimum atomic E-state index is -0.224. The summed E-state index contributed by atoms with van der Waals surface area (Å²) in [4.78, 5) is 15.6. The Morgan fingerprint density at radius 3 is 2.59 bits per heavy atom. The van der Waals surface area contributed by atoms with Crippen molar-refractivity contribution in [1.29, 1.82) is 0 Å². The number of aromatic nitrogens is 1. The van der Waals surface area contributed by atoms with Crippen LogP contribution in [0.25, 0.3) is 10.9 Å². The molecule has 1 fully saturated rings. The van der Waals surface area contributed by atoms with Gasteiger partial charge in [-0.05, 0) is 42.7 Å². The van der Waals surface area contributed by atoms with Crippen LogP contribution in [0.15, 0.2) is 54.6 Å². The first-order valence-electron chi connectivity index (χ1n) is 7.36. The molecule has 4 nitrogen and oxygen atoms in total. The number of rotatable bonds is 3. The van der Waals surface area contributed by atoms with Crippen LogP contribution in [0.4, 0.5) is 0 Å². The number of phenolic OH excluding ortho intramolecular Hbond substituents is 1. The second-order valence-corrected chi connectivity index (χ2v) is 5.86. The summed E-state index contributed by atoms with van der Waals surface area (Å²) in [7, 11) is 0. The topological polar surface area (TPSA) is 65.1 Å². The number of benzene rings is 2. The van der Waals surface area contributed by atoms with Gasteiger partial charge in [0.25, 0.3) is 5.91 Å². The van der Waals surface area contributed by atoms with Gasteiger partial charge in [-0.3, -0.25) is 4.79 Å². The zero-order valence-electron chi connectivity index (χ0n) is 12.0. The number of nitrogens with one attached hydrogen (secondary N) is 2. The number of phenols is 1. The SMILES string of the molecule is O=C(NC1(c2ccccc2)CC1)c1cc2cc(O)ccc2[nH]1. The number of aromatic amines is 1. The molecule has 110 valence electrons. The lowest BCUT2D eigenvalue weighted by atomic mass is 10.0. The Hall–Kier alpha value is -2.75. The fourth-order valence-electron chi connectivity index (χ4n) is 2.90. The minimum Gasteiger partial charge on any atom is -0.508 e. The number of carbonyl (C=O) groups excluding carboxylic acids is 1. The zero-order valence-corrected chi connectivity index (χ0v) is 12.0. The maximum Gasteiger partial charge on any atom is 0.268 e. The van der Waals surface area contributed by atoms with E-state index in [-0.39, 0.29) is 17.2 Å². The van der Waals surface area contributed by atoms with E-state index in [1.54, 1.807) is 24.3 Å². The number of hydrogen-bond acceptors (Lipinski definition) is 2. The van der Waals surface area contributed by atoms with E-state index in [0.717, 1.165) is 29.3 Å². The number of H-pyrrole nitrogens is 1. The van der Waals surface area contributed by atoms with Crippen molar-refractivity contribution in [2.45, 2.75) is 18.4 Å². The van der Waals surface area contributed by atoms with E-state index >= 15 is 0 Å². The highest BCUT2D eigenvalue weighted by molar-refractivity contribution is 5.98. The van der Waals surface area contributed by atoms with E-state index in [1.165, 1.54) is 0 Å². The van der Waals surface area contributed by atoms with Crippen molar-refractivity contribution < 1.29 is 9.90 Å². The predicted molar refractivity (Wildman–Crippen MR) is 84.8 cm³/mol. The van der Waals surface area contributed by atoms with Crippen LogP contribution in [-0.4, -0.2) is 16.0 Å². The molecule has 0 radical (unpaired) electrons. The van der Waals surface area contributed by atoms with Crippen LogP contribution >= 0.6 is 0 Å². The van der Waals surface area contributed by atoms with Gasteiger partial charge >= 0.3 is 0 Å². The second-order valence-electron chi connectivity index (χ2n) is 5.86. The normalized spacial score (nSPS) is 15.6. The lowest BCUT2D eigenvalue weighted by molar-refractivity contribution is 0.0926.